The fraction of sp³-hybridized carbons (Fsp3) is 0.714. The van der Waals surface area contributed by atoms with Crippen LogP contribution >= 0.6 is 23.1 Å². The van der Waals surface area contributed by atoms with Crippen LogP contribution in [0.15, 0.2) is 5.38 Å². The largest absolute Gasteiger partial charge is 0.343 e. The molecule has 2 heterocycles. The molecule has 1 aromatic heterocycles. The lowest BCUT2D eigenvalue weighted by Crippen LogP contribution is -2.31. The Bertz CT molecular complexity index is 398. The standard InChI is InChI=1S/C14H22N2OS2/c1-12-15-13(11-19-12)10-18-9-6-14(17)16-7-4-2-3-5-8-16/h11H,2-10H2,1H3. The van der Waals surface area contributed by atoms with Crippen LogP contribution in [-0.4, -0.2) is 34.6 Å². The first kappa shape index (κ1) is 14.9. The number of thiazole rings is 1. The van der Waals surface area contributed by atoms with Crippen molar-refractivity contribution in [1.82, 2.24) is 9.88 Å². The summed E-state index contributed by atoms with van der Waals surface area (Å²) in [6.07, 6.45) is 5.59. The lowest BCUT2D eigenvalue weighted by atomic mass is 10.2. The molecule has 0 saturated carbocycles. The Hall–Kier alpha value is -0.550. The molecule has 0 radical (unpaired) electrons. The minimum absolute atomic E-state index is 0.337. The minimum atomic E-state index is 0.337. The Morgan fingerprint density at radius 2 is 2.11 bits per heavy atom. The van der Waals surface area contributed by atoms with E-state index in [0.29, 0.717) is 12.3 Å². The van der Waals surface area contributed by atoms with Gasteiger partial charge in [0.1, 0.15) is 0 Å². The number of rotatable bonds is 5. The molecule has 1 saturated heterocycles. The highest BCUT2D eigenvalue weighted by Crippen LogP contribution is 2.17. The number of hydrogen-bond donors (Lipinski definition) is 0. The highest BCUT2D eigenvalue weighted by atomic mass is 32.2. The molecule has 5 heteroatoms. The fourth-order valence-electron chi connectivity index (χ4n) is 2.29. The summed E-state index contributed by atoms with van der Waals surface area (Å²) >= 11 is 3.51. The molecule has 0 bridgehead atoms. The van der Waals surface area contributed by atoms with Crippen molar-refractivity contribution in [2.45, 2.75) is 44.8 Å². The Labute approximate surface area is 123 Å². The molecule has 1 fully saturated rings. The van der Waals surface area contributed by atoms with Crippen molar-refractivity contribution in [2.75, 3.05) is 18.8 Å². The third-order valence-corrected chi connectivity index (χ3v) is 5.15. The molecule has 1 aliphatic rings. The van der Waals surface area contributed by atoms with E-state index in [9.17, 15) is 4.79 Å². The number of aryl methyl sites for hydroxylation is 1. The molecule has 1 aliphatic heterocycles. The number of nitrogens with zero attached hydrogens (tertiary/aromatic N) is 2. The van der Waals surface area contributed by atoms with Crippen LogP contribution in [-0.2, 0) is 10.5 Å². The van der Waals surface area contributed by atoms with E-state index in [4.69, 9.17) is 0 Å². The maximum absolute atomic E-state index is 12.1. The maximum atomic E-state index is 12.1. The molecule has 0 atom stereocenters. The lowest BCUT2D eigenvalue weighted by molar-refractivity contribution is -0.130. The van der Waals surface area contributed by atoms with Gasteiger partial charge in [-0.3, -0.25) is 4.79 Å². The first-order valence-corrected chi connectivity index (χ1v) is 9.05. The summed E-state index contributed by atoms with van der Waals surface area (Å²) in [7, 11) is 0. The molecule has 0 spiro atoms. The van der Waals surface area contributed by atoms with E-state index in [1.165, 1.54) is 25.7 Å². The molecule has 0 aliphatic carbocycles. The normalized spacial score (nSPS) is 16.4. The van der Waals surface area contributed by atoms with Crippen LogP contribution in [0.3, 0.4) is 0 Å². The van der Waals surface area contributed by atoms with E-state index in [2.05, 4.69) is 15.3 Å². The zero-order valence-corrected chi connectivity index (χ0v) is 13.2. The Morgan fingerprint density at radius 1 is 1.37 bits per heavy atom. The van der Waals surface area contributed by atoms with Crippen molar-refractivity contribution in [2.24, 2.45) is 0 Å². The molecule has 3 nitrogen and oxygen atoms in total. The predicted octanol–water partition coefficient (Wildman–Crippen LogP) is 3.48. The second-order valence-corrected chi connectivity index (χ2v) is 7.12. The molecule has 0 unspecified atom stereocenters. The van der Waals surface area contributed by atoms with Crippen molar-refractivity contribution in [1.29, 1.82) is 0 Å². The monoisotopic (exact) mass is 298 g/mol. The average molecular weight is 298 g/mol. The van der Waals surface area contributed by atoms with E-state index < -0.39 is 0 Å². The summed E-state index contributed by atoms with van der Waals surface area (Å²) < 4.78 is 0. The van der Waals surface area contributed by atoms with Gasteiger partial charge in [0, 0.05) is 36.4 Å². The maximum Gasteiger partial charge on any atom is 0.223 e. The van der Waals surface area contributed by atoms with Crippen LogP contribution in [0.25, 0.3) is 0 Å². The van der Waals surface area contributed by atoms with Gasteiger partial charge in [-0.25, -0.2) is 4.98 Å². The van der Waals surface area contributed by atoms with Gasteiger partial charge in [-0.1, -0.05) is 12.8 Å². The van der Waals surface area contributed by atoms with Crippen LogP contribution < -0.4 is 0 Å². The number of carbonyl (C=O) groups is 1. The number of aromatic nitrogens is 1. The van der Waals surface area contributed by atoms with Crippen LogP contribution in [0.1, 0.15) is 42.8 Å². The molecule has 0 aromatic carbocycles. The van der Waals surface area contributed by atoms with Gasteiger partial charge < -0.3 is 4.90 Å². The van der Waals surface area contributed by atoms with Crippen molar-refractivity contribution < 1.29 is 4.79 Å². The van der Waals surface area contributed by atoms with E-state index in [1.807, 2.05) is 18.7 Å². The van der Waals surface area contributed by atoms with E-state index in [0.717, 1.165) is 35.3 Å². The Kier molecular flexibility index (Phi) is 6.17. The van der Waals surface area contributed by atoms with Gasteiger partial charge in [-0.05, 0) is 19.8 Å². The molecular formula is C14H22N2OS2. The second kappa shape index (κ2) is 7.90. The molecule has 106 valence electrons. The zero-order valence-electron chi connectivity index (χ0n) is 11.6. The number of thioether (sulfide) groups is 1. The molecule has 1 amide bonds. The molecular weight excluding hydrogens is 276 g/mol. The smallest absolute Gasteiger partial charge is 0.223 e. The van der Waals surface area contributed by atoms with Crippen molar-refractivity contribution >= 4 is 29.0 Å². The average Bonchev–Trinajstić information content (AvgIpc) is 2.67. The molecule has 19 heavy (non-hydrogen) atoms. The van der Waals surface area contributed by atoms with Crippen molar-refractivity contribution in [3.63, 3.8) is 0 Å². The van der Waals surface area contributed by atoms with E-state index >= 15 is 0 Å². The van der Waals surface area contributed by atoms with Gasteiger partial charge in [0.25, 0.3) is 0 Å². The van der Waals surface area contributed by atoms with Gasteiger partial charge in [0.15, 0.2) is 0 Å². The van der Waals surface area contributed by atoms with Gasteiger partial charge in [0.05, 0.1) is 10.7 Å². The van der Waals surface area contributed by atoms with E-state index in [-0.39, 0.29) is 0 Å². The van der Waals surface area contributed by atoms with Crippen LogP contribution in [0.5, 0.6) is 0 Å². The molecule has 0 N–H and O–H groups in total. The van der Waals surface area contributed by atoms with Crippen LogP contribution in [0.2, 0.25) is 0 Å². The van der Waals surface area contributed by atoms with E-state index in [1.54, 1.807) is 11.3 Å². The second-order valence-electron chi connectivity index (χ2n) is 4.96. The fourth-order valence-corrected chi connectivity index (χ4v) is 3.83. The predicted molar refractivity (Wildman–Crippen MR) is 82.7 cm³/mol. The van der Waals surface area contributed by atoms with Crippen molar-refractivity contribution in [3.05, 3.63) is 16.1 Å². The number of likely N-dealkylation sites (tertiary alicyclic amines) is 1. The van der Waals surface area contributed by atoms with Gasteiger partial charge in [0.2, 0.25) is 5.91 Å². The minimum Gasteiger partial charge on any atom is -0.343 e. The van der Waals surface area contributed by atoms with Gasteiger partial charge in [-0.2, -0.15) is 11.8 Å². The molecule has 1 aromatic rings. The number of amides is 1. The quantitative estimate of drug-likeness (QED) is 0.780. The first-order chi connectivity index (χ1) is 9.25. The summed E-state index contributed by atoms with van der Waals surface area (Å²) in [6.45, 7) is 3.96. The highest BCUT2D eigenvalue weighted by Gasteiger charge is 2.14. The summed E-state index contributed by atoms with van der Waals surface area (Å²) in [6, 6.07) is 0. The lowest BCUT2D eigenvalue weighted by Gasteiger charge is -2.20. The number of carbonyl (C=O) groups excluding carboxylic acids is 1. The third kappa shape index (κ3) is 5.15. The van der Waals surface area contributed by atoms with Crippen LogP contribution in [0, 0.1) is 6.92 Å². The van der Waals surface area contributed by atoms with Crippen molar-refractivity contribution in [3.8, 4) is 0 Å². The number of hydrogen-bond acceptors (Lipinski definition) is 4. The first-order valence-electron chi connectivity index (χ1n) is 7.02. The third-order valence-electron chi connectivity index (χ3n) is 3.34. The highest BCUT2D eigenvalue weighted by molar-refractivity contribution is 7.98. The van der Waals surface area contributed by atoms with Crippen LogP contribution in [0.4, 0.5) is 0 Å². The zero-order chi connectivity index (χ0) is 13.5. The summed E-state index contributed by atoms with van der Waals surface area (Å²) in [4.78, 5) is 18.6. The Morgan fingerprint density at radius 3 is 2.74 bits per heavy atom. The summed E-state index contributed by atoms with van der Waals surface area (Å²) in [5.41, 5.74) is 1.15. The van der Waals surface area contributed by atoms with Gasteiger partial charge >= 0.3 is 0 Å². The Balaban J connectivity index is 1.63. The topological polar surface area (TPSA) is 33.2 Å². The van der Waals surface area contributed by atoms with Gasteiger partial charge in [-0.15, -0.1) is 11.3 Å². The SMILES string of the molecule is Cc1nc(CSCCC(=O)N2CCCCCC2)cs1. The molecule has 2 rings (SSSR count). The summed E-state index contributed by atoms with van der Waals surface area (Å²) in [5.74, 6) is 2.17. The summed E-state index contributed by atoms with van der Waals surface area (Å²) in [5, 5.41) is 3.23.